The summed E-state index contributed by atoms with van der Waals surface area (Å²) in [5.74, 6) is 1.47. The zero-order chi connectivity index (χ0) is 21.3. The third-order valence-corrected chi connectivity index (χ3v) is 6.19. The second-order valence-electron chi connectivity index (χ2n) is 7.55. The lowest BCUT2D eigenvalue weighted by Gasteiger charge is -2.17. The molecule has 2 aromatic rings. The fraction of sp³-hybridized carbons (Fsp3) is 0.500. The van der Waals surface area contributed by atoms with Gasteiger partial charge in [0.1, 0.15) is 11.0 Å². The third kappa shape index (κ3) is 6.86. The normalized spacial score (nSPS) is 14.1. The van der Waals surface area contributed by atoms with E-state index in [0.717, 1.165) is 44.0 Å². The number of amides is 1. The maximum atomic E-state index is 12.5. The number of anilines is 1. The minimum atomic E-state index is -0.0245. The van der Waals surface area contributed by atoms with Crippen LogP contribution in [-0.2, 0) is 5.75 Å². The summed E-state index contributed by atoms with van der Waals surface area (Å²) in [5, 5.41) is 4.11. The Labute approximate surface area is 188 Å². The number of aromatic nitrogens is 2. The molecule has 1 amide bonds. The summed E-state index contributed by atoms with van der Waals surface area (Å²) in [7, 11) is 2.00. The summed E-state index contributed by atoms with van der Waals surface area (Å²) in [6.07, 6.45) is 3.56. The average Bonchev–Trinajstić information content (AvgIpc) is 3.26. The molecule has 1 fully saturated rings. The van der Waals surface area contributed by atoms with Crippen LogP contribution in [0.15, 0.2) is 35.5 Å². The van der Waals surface area contributed by atoms with E-state index in [1.54, 1.807) is 6.07 Å². The molecule has 0 saturated carbocycles. The highest BCUT2D eigenvalue weighted by Crippen LogP contribution is 2.24. The second kappa shape index (κ2) is 11.5. The number of likely N-dealkylation sites (tertiary alicyclic amines) is 1. The quantitative estimate of drug-likeness (QED) is 0.336. The summed E-state index contributed by atoms with van der Waals surface area (Å²) in [6, 6.07) is 9.52. The lowest BCUT2D eigenvalue weighted by Crippen LogP contribution is -2.33. The van der Waals surface area contributed by atoms with Crippen molar-refractivity contribution in [2.75, 3.05) is 44.7 Å². The first-order valence-electron chi connectivity index (χ1n) is 10.5. The molecule has 8 heteroatoms. The first-order valence-corrected chi connectivity index (χ1v) is 11.9. The topological polar surface area (TPSA) is 61.4 Å². The number of hydrogen-bond donors (Lipinski definition) is 1. The van der Waals surface area contributed by atoms with E-state index < -0.39 is 0 Å². The smallest absolute Gasteiger partial charge is 0.251 e. The molecule has 1 aliphatic heterocycles. The van der Waals surface area contributed by atoms with E-state index in [1.165, 1.54) is 24.6 Å². The van der Waals surface area contributed by atoms with Gasteiger partial charge in [-0.3, -0.25) is 4.79 Å². The van der Waals surface area contributed by atoms with Crippen molar-refractivity contribution in [2.24, 2.45) is 0 Å². The molecule has 0 unspecified atom stereocenters. The van der Waals surface area contributed by atoms with Crippen LogP contribution in [0.4, 0.5) is 5.82 Å². The van der Waals surface area contributed by atoms with Crippen LogP contribution in [0, 0.1) is 0 Å². The van der Waals surface area contributed by atoms with E-state index in [-0.39, 0.29) is 5.91 Å². The first-order chi connectivity index (χ1) is 14.5. The Hall–Kier alpha value is -1.83. The molecule has 6 nitrogen and oxygen atoms in total. The Morgan fingerprint density at radius 3 is 2.83 bits per heavy atom. The van der Waals surface area contributed by atoms with Crippen LogP contribution >= 0.6 is 23.4 Å². The van der Waals surface area contributed by atoms with E-state index in [1.807, 2.05) is 31.3 Å². The van der Waals surface area contributed by atoms with Crippen molar-refractivity contribution < 1.29 is 4.79 Å². The highest BCUT2D eigenvalue weighted by Gasteiger charge is 2.12. The molecule has 1 aromatic heterocycles. The summed E-state index contributed by atoms with van der Waals surface area (Å²) in [5.41, 5.74) is 1.74. The van der Waals surface area contributed by atoms with Crippen molar-refractivity contribution in [1.29, 1.82) is 0 Å². The van der Waals surface area contributed by atoms with Crippen molar-refractivity contribution in [1.82, 2.24) is 20.2 Å². The molecule has 1 aliphatic rings. The fourth-order valence-corrected chi connectivity index (χ4v) is 4.51. The zero-order valence-corrected chi connectivity index (χ0v) is 19.3. The van der Waals surface area contributed by atoms with Crippen LogP contribution in [-0.4, -0.2) is 60.5 Å². The largest absolute Gasteiger partial charge is 0.360 e. The van der Waals surface area contributed by atoms with Crippen molar-refractivity contribution >= 4 is 35.1 Å². The van der Waals surface area contributed by atoms with Gasteiger partial charge in [0.25, 0.3) is 5.91 Å². The number of carbonyl (C=O) groups is 1. The van der Waals surface area contributed by atoms with Crippen molar-refractivity contribution in [3.63, 3.8) is 0 Å². The van der Waals surface area contributed by atoms with Crippen LogP contribution in [0.25, 0.3) is 0 Å². The van der Waals surface area contributed by atoms with E-state index in [2.05, 4.69) is 32.0 Å². The molecule has 0 bridgehead atoms. The van der Waals surface area contributed by atoms with Gasteiger partial charge in [-0.2, -0.15) is 0 Å². The number of thioether (sulfide) groups is 1. The second-order valence-corrected chi connectivity index (χ2v) is 8.88. The lowest BCUT2D eigenvalue weighted by molar-refractivity contribution is 0.0949. The number of hydrogen-bond acceptors (Lipinski definition) is 6. The summed E-state index contributed by atoms with van der Waals surface area (Å²) in [4.78, 5) is 25.9. The van der Waals surface area contributed by atoms with Gasteiger partial charge in [0.15, 0.2) is 5.16 Å². The molecule has 3 rings (SSSR count). The zero-order valence-electron chi connectivity index (χ0n) is 17.7. The van der Waals surface area contributed by atoms with Crippen molar-refractivity contribution in [3.05, 3.63) is 46.6 Å². The first kappa shape index (κ1) is 22.8. The van der Waals surface area contributed by atoms with Crippen LogP contribution in [0.5, 0.6) is 0 Å². The average molecular weight is 448 g/mol. The van der Waals surface area contributed by atoms with Gasteiger partial charge in [-0.15, -0.1) is 0 Å². The highest BCUT2D eigenvalue weighted by molar-refractivity contribution is 7.98. The molecule has 1 aromatic carbocycles. The van der Waals surface area contributed by atoms with E-state index in [4.69, 9.17) is 11.6 Å². The molecule has 1 N–H and O–H groups in total. The predicted octanol–water partition coefficient (Wildman–Crippen LogP) is 4.09. The van der Waals surface area contributed by atoms with Crippen molar-refractivity contribution in [2.45, 2.75) is 37.1 Å². The Bertz CT molecular complexity index is 844. The lowest BCUT2D eigenvalue weighted by atomic mass is 10.1. The highest BCUT2D eigenvalue weighted by atomic mass is 35.5. The predicted molar refractivity (Wildman–Crippen MR) is 125 cm³/mol. The van der Waals surface area contributed by atoms with Gasteiger partial charge in [0.05, 0.1) is 0 Å². The third-order valence-electron chi connectivity index (χ3n) is 5.08. The Kier molecular flexibility index (Phi) is 8.78. The molecule has 0 atom stereocenters. The standard InChI is InChI=1S/C22H30ClN5OS/c1-3-10-27(2)20-15-19(23)25-22(26-20)30-16-17-7-6-8-18(14-17)21(29)24-9-13-28-11-4-5-12-28/h6-8,14-15H,3-5,9-13,16H2,1-2H3,(H,24,29). The minimum absolute atomic E-state index is 0.0245. The number of benzene rings is 1. The minimum Gasteiger partial charge on any atom is -0.360 e. The SMILES string of the molecule is CCCN(C)c1cc(Cl)nc(SCc2cccc(C(=O)NCCN3CCCC3)c2)n1. The van der Waals surface area contributed by atoms with Gasteiger partial charge in [0.2, 0.25) is 0 Å². The van der Waals surface area contributed by atoms with Crippen LogP contribution in [0.2, 0.25) is 5.15 Å². The number of nitrogens with one attached hydrogen (secondary N) is 1. The van der Waals surface area contributed by atoms with E-state index >= 15 is 0 Å². The van der Waals surface area contributed by atoms with Gasteiger partial charge in [0, 0.05) is 44.1 Å². The van der Waals surface area contributed by atoms with Gasteiger partial charge in [-0.05, 0) is 50.0 Å². The van der Waals surface area contributed by atoms with E-state index in [9.17, 15) is 4.79 Å². The number of nitrogens with zero attached hydrogens (tertiary/aromatic N) is 4. The monoisotopic (exact) mass is 447 g/mol. The van der Waals surface area contributed by atoms with Gasteiger partial charge in [-0.25, -0.2) is 9.97 Å². The fourth-order valence-electron chi connectivity index (χ4n) is 3.48. The molecule has 0 spiro atoms. The van der Waals surface area contributed by atoms with Crippen LogP contribution in [0.1, 0.15) is 42.1 Å². The number of rotatable bonds is 10. The molecule has 1 saturated heterocycles. The van der Waals surface area contributed by atoms with Crippen LogP contribution < -0.4 is 10.2 Å². The van der Waals surface area contributed by atoms with Gasteiger partial charge in [-0.1, -0.05) is 42.4 Å². The number of carbonyl (C=O) groups excluding carboxylic acids is 1. The summed E-state index contributed by atoms with van der Waals surface area (Å²) >= 11 is 7.71. The molecule has 162 valence electrons. The van der Waals surface area contributed by atoms with Crippen LogP contribution in [0.3, 0.4) is 0 Å². The molecule has 2 heterocycles. The maximum absolute atomic E-state index is 12.5. The van der Waals surface area contributed by atoms with E-state index in [0.29, 0.717) is 28.2 Å². The molecule has 30 heavy (non-hydrogen) atoms. The van der Waals surface area contributed by atoms with Gasteiger partial charge < -0.3 is 15.1 Å². The molecular weight excluding hydrogens is 418 g/mol. The maximum Gasteiger partial charge on any atom is 0.251 e. The van der Waals surface area contributed by atoms with Crippen molar-refractivity contribution in [3.8, 4) is 0 Å². The number of halogens is 1. The van der Waals surface area contributed by atoms with Gasteiger partial charge >= 0.3 is 0 Å². The molecular formula is C22H30ClN5OS. The summed E-state index contributed by atoms with van der Waals surface area (Å²) < 4.78 is 0. The Morgan fingerprint density at radius 1 is 1.27 bits per heavy atom. The molecule has 0 radical (unpaired) electrons. The molecule has 0 aliphatic carbocycles. The summed E-state index contributed by atoms with van der Waals surface area (Å²) in [6.45, 7) is 6.93. The Balaban J connectivity index is 1.55. The Morgan fingerprint density at radius 2 is 2.07 bits per heavy atom.